The van der Waals surface area contributed by atoms with Crippen molar-refractivity contribution in [2.45, 2.75) is 90.4 Å². The molecule has 0 nitrogen and oxygen atoms in total. The first kappa shape index (κ1) is 16.3. The molecule has 0 aromatic heterocycles. The average Bonchev–Trinajstić information content (AvgIpc) is 2.26. The van der Waals surface area contributed by atoms with Crippen molar-refractivity contribution in [3.8, 4) is 0 Å². The summed E-state index contributed by atoms with van der Waals surface area (Å²) in [5, 5.41) is 0.364. The first-order valence-electron chi connectivity index (χ1n) is 7.36. The molecule has 0 heterocycles. The molecule has 98 valence electrons. The summed E-state index contributed by atoms with van der Waals surface area (Å²) in [6, 6.07) is 0. The third kappa shape index (κ3) is 9.51. The Bertz CT molecular complexity index is 119. The lowest BCUT2D eigenvalue weighted by molar-refractivity contribution is 0.400. The van der Waals surface area contributed by atoms with E-state index in [1.54, 1.807) is 0 Å². The van der Waals surface area contributed by atoms with Crippen LogP contribution in [0, 0.1) is 5.92 Å². The molecule has 0 aliphatic carbocycles. The highest BCUT2D eigenvalue weighted by atomic mass is 35.5. The maximum atomic E-state index is 6.27. The van der Waals surface area contributed by atoms with Crippen LogP contribution >= 0.6 is 11.6 Å². The molecule has 0 spiro atoms. The number of alkyl halides is 1. The van der Waals surface area contributed by atoms with Gasteiger partial charge in [-0.2, -0.15) is 0 Å². The van der Waals surface area contributed by atoms with E-state index in [4.69, 9.17) is 11.6 Å². The van der Waals surface area contributed by atoms with Crippen molar-refractivity contribution in [3.63, 3.8) is 0 Å². The molecule has 16 heavy (non-hydrogen) atoms. The van der Waals surface area contributed by atoms with E-state index in [0.29, 0.717) is 5.38 Å². The first-order valence-corrected chi connectivity index (χ1v) is 7.80. The second-order valence-corrected chi connectivity index (χ2v) is 5.82. The summed E-state index contributed by atoms with van der Waals surface area (Å²) in [5.41, 5.74) is 0. The third-order valence-corrected chi connectivity index (χ3v) is 3.86. The van der Waals surface area contributed by atoms with Crippen LogP contribution in [0.3, 0.4) is 0 Å². The molecule has 0 amide bonds. The molecule has 0 bridgehead atoms. The Labute approximate surface area is 108 Å². The molecule has 0 aromatic rings. The normalized spacial score (nSPS) is 13.3. The number of unbranched alkanes of at least 4 members (excludes halogenated alkanes) is 6. The zero-order chi connectivity index (χ0) is 12.2. The second-order valence-electron chi connectivity index (χ2n) is 5.14. The highest BCUT2D eigenvalue weighted by molar-refractivity contribution is 6.20. The molecule has 0 saturated heterocycles. The van der Waals surface area contributed by atoms with Gasteiger partial charge in [-0.1, -0.05) is 65.2 Å². The summed E-state index contributed by atoms with van der Waals surface area (Å²) in [6.07, 6.45) is 13.7. The van der Waals surface area contributed by atoms with Gasteiger partial charge in [0.15, 0.2) is 0 Å². The van der Waals surface area contributed by atoms with Crippen molar-refractivity contribution in [2.24, 2.45) is 5.92 Å². The van der Waals surface area contributed by atoms with Gasteiger partial charge in [0.25, 0.3) is 0 Å². The summed E-state index contributed by atoms with van der Waals surface area (Å²) >= 11 is 6.27. The largest absolute Gasteiger partial charge is 0.123 e. The minimum atomic E-state index is 0.364. The van der Waals surface area contributed by atoms with Crippen molar-refractivity contribution >= 4 is 11.6 Å². The van der Waals surface area contributed by atoms with Crippen LogP contribution in [0.2, 0.25) is 0 Å². The molecule has 0 radical (unpaired) electrons. The summed E-state index contributed by atoms with van der Waals surface area (Å²) in [4.78, 5) is 0. The Kier molecular flexibility index (Phi) is 12.0. The molecular weight excluding hydrogens is 216 g/mol. The van der Waals surface area contributed by atoms with Crippen molar-refractivity contribution in [1.82, 2.24) is 0 Å². The second kappa shape index (κ2) is 11.8. The quantitative estimate of drug-likeness (QED) is 0.302. The lowest BCUT2D eigenvalue weighted by Crippen LogP contribution is -2.11. The van der Waals surface area contributed by atoms with Gasteiger partial charge in [-0.05, 0) is 25.7 Å². The average molecular weight is 247 g/mol. The zero-order valence-electron chi connectivity index (χ0n) is 11.6. The minimum absolute atomic E-state index is 0.364. The first-order chi connectivity index (χ1) is 7.72. The highest BCUT2D eigenvalue weighted by Crippen LogP contribution is 2.24. The Morgan fingerprint density at radius 3 is 1.50 bits per heavy atom. The molecule has 0 rings (SSSR count). The smallest absolute Gasteiger partial charge is 0.0336 e. The lowest BCUT2D eigenvalue weighted by atomic mass is 9.92. The van der Waals surface area contributed by atoms with E-state index >= 15 is 0 Å². The van der Waals surface area contributed by atoms with Crippen molar-refractivity contribution in [3.05, 3.63) is 0 Å². The van der Waals surface area contributed by atoms with E-state index in [-0.39, 0.29) is 0 Å². The fourth-order valence-corrected chi connectivity index (χ4v) is 2.52. The summed E-state index contributed by atoms with van der Waals surface area (Å²) in [7, 11) is 0. The summed E-state index contributed by atoms with van der Waals surface area (Å²) < 4.78 is 0. The zero-order valence-corrected chi connectivity index (χ0v) is 12.4. The fraction of sp³-hybridized carbons (Fsp3) is 1.00. The Morgan fingerprint density at radius 1 is 0.750 bits per heavy atom. The Balaban J connectivity index is 3.54. The molecule has 0 aliphatic heterocycles. The molecule has 0 saturated carbocycles. The van der Waals surface area contributed by atoms with Gasteiger partial charge in [-0.3, -0.25) is 0 Å². The summed E-state index contributed by atoms with van der Waals surface area (Å²) in [5.74, 6) is 0.760. The Morgan fingerprint density at radius 2 is 1.19 bits per heavy atom. The maximum Gasteiger partial charge on any atom is 0.0336 e. The number of hydrogen-bond acceptors (Lipinski definition) is 0. The van der Waals surface area contributed by atoms with Crippen LogP contribution in [-0.4, -0.2) is 5.38 Å². The molecule has 0 unspecified atom stereocenters. The van der Waals surface area contributed by atoms with Crippen LogP contribution in [0.4, 0.5) is 0 Å². The predicted molar refractivity (Wildman–Crippen MR) is 76.3 cm³/mol. The van der Waals surface area contributed by atoms with E-state index in [2.05, 4.69) is 20.8 Å². The fourth-order valence-electron chi connectivity index (χ4n) is 2.27. The van der Waals surface area contributed by atoms with Gasteiger partial charge in [0, 0.05) is 5.38 Å². The van der Waals surface area contributed by atoms with Crippen molar-refractivity contribution in [2.75, 3.05) is 0 Å². The lowest BCUT2D eigenvalue weighted by Gasteiger charge is -2.19. The number of hydrogen-bond donors (Lipinski definition) is 0. The highest BCUT2D eigenvalue weighted by Gasteiger charge is 2.13. The molecule has 0 fully saturated rings. The topological polar surface area (TPSA) is 0 Å². The van der Waals surface area contributed by atoms with E-state index in [0.717, 1.165) is 5.92 Å². The van der Waals surface area contributed by atoms with E-state index in [1.165, 1.54) is 64.2 Å². The SMILES string of the molecule is CCCCCCC(CCCCCC)[C@@H](C)Cl. The van der Waals surface area contributed by atoms with E-state index < -0.39 is 0 Å². The molecule has 0 aromatic carbocycles. The van der Waals surface area contributed by atoms with Gasteiger partial charge in [0.05, 0.1) is 0 Å². The van der Waals surface area contributed by atoms with Crippen molar-refractivity contribution in [1.29, 1.82) is 0 Å². The molecule has 1 atom stereocenters. The van der Waals surface area contributed by atoms with E-state index in [1.807, 2.05) is 0 Å². The minimum Gasteiger partial charge on any atom is -0.123 e. The van der Waals surface area contributed by atoms with Gasteiger partial charge in [-0.15, -0.1) is 11.6 Å². The monoisotopic (exact) mass is 246 g/mol. The van der Waals surface area contributed by atoms with Gasteiger partial charge < -0.3 is 0 Å². The van der Waals surface area contributed by atoms with Crippen LogP contribution in [0.25, 0.3) is 0 Å². The summed E-state index contributed by atoms with van der Waals surface area (Å²) in [6.45, 7) is 6.71. The van der Waals surface area contributed by atoms with Crippen LogP contribution in [0.5, 0.6) is 0 Å². The van der Waals surface area contributed by atoms with Crippen LogP contribution in [0.1, 0.15) is 85.0 Å². The number of halogens is 1. The van der Waals surface area contributed by atoms with Gasteiger partial charge >= 0.3 is 0 Å². The standard InChI is InChI=1S/C15H31Cl/c1-4-6-8-10-12-15(14(3)16)13-11-9-7-5-2/h14-15H,4-13H2,1-3H3/t14-/m1/s1. The van der Waals surface area contributed by atoms with Crippen LogP contribution in [-0.2, 0) is 0 Å². The number of rotatable bonds is 11. The Hall–Kier alpha value is 0.290. The molecule has 0 N–H and O–H groups in total. The molecular formula is C15H31Cl. The van der Waals surface area contributed by atoms with Gasteiger partial charge in [0.2, 0.25) is 0 Å². The van der Waals surface area contributed by atoms with Gasteiger partial charge in [-0.25, -0.2) is 0 Å². The third-order valence-electron chi connectivity index (χ3n) is 3.51. The maximum absolute atomic E-state index is 6.27. The molecule has 1 heteroatoms. The molecule has 0 aliphatic rings. The van der Waals surface area contributed by atoms with E-state index in [9.17, 15) is 0 Å². The van der Waals surface area contributed by atoms with Gasteiger partial charge in [0.1, 0.15) is 0 Å². The van der Waals surface area contributed by atoms with Crippen LogP contribution in [0.15, 0.2) is 0 Å². The van der Waals surface area contributed by atoms with Crippen LogP contribution < -0.4 is 0 Å². The predicted octanol–water partition coefficient (Wildman–Crippen LogP) is 6.17. The van der Waals surface area contributed by atoms with Crippen molar-refractivity contribution < 1.29 is 0 Å².